The van der Waals surface area contributed by atoms with Gasteiger partial charge in [0.25, 0.3) is 0 Å². The first-order valence-corrected chi connectivity index (χ1v) is 8.57. The van der Waals surface area contributed by atoms with E-state index in [0.29, 0.717) is 5.82 Å². The fourth-order valence-electron chi connectivity index (χ4n) is 3.63. The molecule has 2 N–H and O–H groups in total. The lowest BCUT2D eigenvalue weighted by molar-refractivity contribution is -0.0801. The van der Waals surface area contributed by atoms with Crippen molar-refractivity contribution in [2.75, 3.05) is 49.3 Å². The van der Waals surface area contributed by atoms with Crippen molar-refractivity contribution in [3.8, 4) is 0 Å². The van der Waals surface area contributed by atoms with Crippen LogP contribution in [0.25, 0.3) is 0 Å². The van der Waals surface area contributed by atoms with Crippen LogP contribution >= 0.6 is 0 Å². The summed E-state index contributed by atoms with van der Waals surface area (Å²) < 4.78 is 6.28. The van der Waals surface area contributed by atoms with Crippen LogP contribution in [-0.4, -0.2) is 53.7 Å². The zero-order chi connectivity index (χ0) is 17.4. The standard InChI is InChI=1S/C17H23N7O/c1-23(2)16-19-10-12-3-8-25-17(15(12)22-16)4-6-24(7-5-17)14-9-13(18)20-11-21-14/h9-11H,3-8H2,1-2H3,(H2,18,20,21). The van der Waals surface area contributed by atoms with Gasteiger partial charge in [-0.3, -0.25) is 0 Å². The number of fused-ring (bicyclic) bond motifs is 2. The van der Waals surface area contributed by atoms with E-state index < -0.39 is 0 Å². The van der Waals surface area contributed by atoms with Crippen molar-refractivity contribution >= 4 is 17.6 Å². The SMILES string of the molecule is CN(C)c1ncc2c(n1)C1(CCN(c3cc(N)ncn3)CC1)OCC2. The topological polar surface area (TPSA) is 93.3 Å². The molecule has 8 heteroatoms. The molecule has 0 unspecified atom stereocenters. The van der Waals surface area contributed by atoms with Crippen molar-refractivity contribution in [2.24, 2.45) is 0 Å². The van der Waals surface area contributed by atoms with Crippen molar-refractivity contribution in [2.45, 2.75) is 24.9 Å². The number of nitrogens with zero attached hydrogens (tertiary/aromatic N) is 6. The predicted octanol–water partition coefficient (Wildman–Crippen LogP) is 0.983. The average Bonchev–Trinajstić information content (AvgIpc) is 2.62. The van der Waals surface area contributed by atoms with Gasteiger partial charge in [0, 0.05) is 39.4 Å². The van der Waals surface area contributed by atoms with Crippen LogP contribution in [0.1, 0.15) is 24.1 Å². The molecule has 0 bridgehead atoms. The smallest absolute Gasteiger partial charge is 0.225 e. The van der Waals surface area contributed by atoms with E-state index in [1.165, 1.54) is 11.9 Å². The normalized spacial score (nSPS) is 18.9. The summed E-state index contributed by atoms with van der Waals surface area (Å²) in [4.78, 5) is 21.8. The molecular weight excluding hydrogens is 318 g/mol. The molecule has 25 heavy (non-hydrogen) atoms. The highest BCUT2D eigenvalue weighted by Gasteiger charge is 2.43. The first-order valence-electron chi connectivity index (χ1n) is 8.57. The van der Waals surface area contributed by atoms with Gasteiger partial charge in [-0.15, -0.1) is 0 Å². The predicted molar refractivity (Wildman–Crippen MR) is 95.6 cm³/mol. The van der Waals surface area contributed by atoms with Gasteiger partial charge in [-0.2, -0.15) is 0 Å². The van der Waals surface area contributed by atoms with Crippen LogP contribution in [0.5, 0.6) is 0 Å². The fourth-order valence-corrected chi connectivity index (χ4v) is 3.63. The Kier molecular flexibility index (Phi) is 3.91. The van der Waals surface area contributed by atoms with Crippen molar-refractivity contribution in [1.82, 2.24) is 19.9 Å². The fraction of sp³-hybridized carbons (Fsp3) is 0.529. The molecule has 0 aliphatic carbocycles. The number of anilines is 3. The highest BCUT2D eigenvalue weighted by atomic mass is 16.5. The maximum atomic E-state index is 6.28. The van der Waals surface area contributed by atoms with E-state index in [1.807, 2.05) is 31.3 Å². The second-order valence-electron chi connectivity index (χ2n) is 6.82. The van der Waals surface area contributed by atoms with Gasteiger partial charge >= 0.3 is 0 Å². The Morgan fingerprint density at radius 2 is 2.00 bits per heavy atom. The number of ether oxygens (including phenoxy) is 1. The number of piperidine rings is 1. The van der Waals surface area contributed by atoms with E-state index in [1.54, 1.807) is 0 Å². The van der Waals surface area contributed by atoms with Gasteiger partial charge in [0.2, 0.25) is 5.95 Å². The minimum absolute atomic E-state index is 0.323. The highest BCUT2D eigenvalue weighted by molar-refractivity contribution is 5.47. The number of hydrogen-bond acceptors (Lipinski definition) is 8. The molecule has 2 aliphatic heterocycles. The second-order valence-corrected chi connectivity index (χ2v) is 6.82. The van der Waals surface area contributed by atoms with Crippen LogP contribution < -0.4 is 15.5 Å². The number of hydrogen-bond donors (Lipinski definition) is 1. The van der Waals surface area contributed by atoms with E-state index in [2.05, 4.69) is 19.9 Å². The third-order valence-electron chi connectivity index (χ3n) is 5.00. The van der Waals surface area contributed by atoms with Gasteiger partial charge in [-0.05, 0) is 24.8 Å². The van der Waals surface area contributed by atoms with Gasteiger partial charge in [0.1, 0.15) is 23.6 Å². The third-order valence-corrected chi connectivity index (χ3v) is 5.00. The van der Waals surface area contributed by atoms with E-state index in [4.69, 9.17) is 15.5 Å². The average molecular weight is 341 g/mol. The van der Waals surface area contributed by atoms with E-state index in [0.717, 1.165) is 56.4 Å². The Labute approximate surface area is 147 Å². The lowest BCUT2D eigenvalue weighted by atomic mass is 9.83. The summed E-state index contributed by atoms with van der Waals surface area (Å²) in [6.07, 6.45) is 6.08. The van der Waals surface area contributed by atoms with Gasteiger partial charge < -0.3 is 20.3 Å². The first-order chi connectivity index (χ1) is 12.1. The van der Waals surface area contributed by atoms with Crippen LogP contribution in [0.2, 0.25) is 0 Å². The second kappa shape index (κ2) is 6.11. The minimum Gasteiger partial charge on any atom is -0.384 e. The van der Waals surface area contributed by atoms with Crippen LogP contribution in [0.15, 0.2) is 18.6 Å². The summed E-state index contributed by atoms with van der Waals surface area (Å²) >= 11 is 0. The van der Waals surface area contributed by atoms with Crippen molar-refractivity contribution in [1.29, 1.82) is 0 Å². The zero-order valence-corrected chi connectivity index (χ0v) is 14.6. The number of aromatic nitrogens is 4. The lowest BCUT2D eigenvalue weighted by Crippen LogP contribution is -2.47. The summed E-state index contributed by atoms with van der Waals surface area (Å²) in [6, 6.07) is 1.82. The molecule has 0 aromatic carbocycles. The molecule has 4 heterocycles. The Bertz CT molecular complexity index is 771. The Morgan fingerprint density at radius 1 is 1.20 bits per heavy atom. The molecule has 8 nitrogen and oxygen atoms in total. The number of rotatable bonds is 2. The first kappa shape index (κ1) is 16.0. The van der Waals surface area contributed by atoms with Crippen molar-refractivity contribution < 1.29 is 4.74 Å². The summed E-state index contributed by atoms with van der Waals surface area (Å²) in [5, 5.41) is 0. The molecule has 2 aromatic rings. The van der Waals surface area contributed by atoms with Crippen LogP contribution in [0.4, 0.5) is 17.6 Å². The molecule has 2 aromatic heterocycles. The molecule has 0 atom stereocenters. The molecule has 132 valence electrons. The van der Waals surface area contributed by atoms with Gasteiger partial charge in [0.05, 0.1) is 12.3 Å². The quantitative estimate of drug-likeness (QED) is 0.864. The zero-order valence-electron chi connectivity index (χ0n) is 14.6. The summed E-state index contributed by atoms with van der Waals surface area (Å²) in [6.45, 7) is 2.41. The largest absolute Gasteiger partial charge is 0.384 e. The monoisotopic (exact) mass is 341 g/mol. The van der Waals surface area contributed by atoms with Gasteiger partial charge in [-0.25, -0.2) is 19.9 Å². The summed E-state index contributed by atoms with van der Waals surface area (Å²) in [5.41, 5.74) is 7.72. The summed E-state index contributed by atoms with van der Waals surface area (Å²) in [7, 11) is 3.92. The van der Waals surface area contributed by atoms with Crippen molar-refractivity contribution in [3.63, 3.8) is 0 Å². The molecule has 1 saturated heterocycles. The maximum absolute atomic E-state index is 6.28. The molecule has 0 saturated carbocycles. The Balaban J connectivity index is 1.60. The molecule has 0 amide bonds. The van der Waals surface area contributed by atoms with Crippen LogP contribution in [-0.2, 0) is 16.8 Å². The van der Waals surface area contributed by atoms with Crippen LogP contribution in [0.3, 0.4) is 0 Å². The lowest BCUT2D eigenvalue weighted by Gasteiger charge is -2.44. The molecular formula is C17H23N7O. The van der Waals surface area contributed by atoms with E-state index in [9.17, 15) is 0 Å². The van der Waals surface area contributed by atoms with Gasteiger partial charge in [0.15, 0.2) is 0 Å². The summed E-state index contributed by atoms with van der Waals surface area (Å²) in [5.74, 6) is 2.09. The Morgan fingerprint density at radius 3 is 2.72 bits per heavy atom. The maximum Gasteiger partial charge on any atom is 0.225 e. The number of nitrogen functional groups attached to an aromatic ring is 1. The Hall–Kier alpha value is -2.48. The molecule has 1 fully saturated rings. The van der Waals surface area contributed by atoms with E-state index in [-0.39, 0.29) is 5.60 Å². The molecule has 2 aliphatic rings. The minimum atomic E-state index is -0.323. The van der Waals surface area contributed by atoms with Crippen LogP contribution in [0, 0.1) is 0 Å². The van der Waals surface area contributed by atoms with Gasteiger partial charge in [-0.1, -0.05) is 0 Å². The van der Waals surface area contributed by atoms with Crippen molar-refractivity contribution in [3.05, 3.63) is 29.8 Å². The number of nitrogens with two attached hydrogens (primary N) is 1. The van der Waals surface area contributed by atoms with E-state index >= 15 is 0 Å². The highest BCUT2D eigenvalue weighted by Crippen LogP contribution is 2.41. The molecule has 4 rings (SSSR count). The molecule has 1 spiro atoms. The molecule has 0 radical (unpaired) electrons. The third kappa shape index (κ3) is 2.86.